The summed E-state index contributed by atoms with van der Waals surface area (Å²) in [5.41, 5.74) is 2.32. The van der Waals surface area contributed by atoms with E-state index in [2.05, 4.69) is 15.3 Å². The van der Waals surface area contributed by atoms with Crippen molar-refractivity contribution in [3.05, 3.63) is 58.2 Å². The molecule has 0 radical (unpaired) electrons. The van der Waals surface area contributed by atoms with Crippen LogP contribution in [-0.2, 0) is 6.54 Å². The van der Waals surface area contributed by atoms with Crippen molar-refractivity contribution in [1.29, 1.82) is 0 Å². The van der Waals surface area contributed by atoms with E-state index in [1.807, 2.05) is 19.1 Å². The van der Waals surface area contributed by atoms with Gasteiger partial charge in [-0.2, -0.15) is 0 Å². The van der Waals surface area contributed by atoms with E-state index in [0.29, 0.717) is 12.2 Å². The van der Waals surface area contributed by atoms with Gasteiger partial charge in [-0.3, -0.25) is 20.1 Å². The highest BCUT2D eigenvalue weighted by atomic mass is 16.6. The summed E-state index contributed by atoms with van der Waals surface area (Å²) in [6.45, 7) is 2.39. The molecule has 2 heterocycles. The molecule has 0 aromatic carbocycles. The van der Waals surface area contributed by atoms with E-state index in [1.165, 1.54) is 12.4 Å². The molecule has 18 heavy (non-hydrogen) atoms. The maximum atomic E-state index is 10.8. The molecule has 92 valence electrons. The molecule has 6 heteroatoms. The van der Waals surface area contributed by atoms with Gasteiger partial charge < -0.3 is 5.32 Å². The van der Waals surface area contributed by atoms with Crippen LogP contribution in [0.5, 0.6) is 0 Å². The Hall–Kier alpha value is -2.50. The summed E-state index contributed by atoms with van der Waals surface area (Å²) in [5.74, 6) is 0. The zero-order valence-corrected chi connectivity index (χ0v) is 9.83. The van der Waals surface area contributed by atoms with Gasteiger partial charge in [0.15, 0.2) is 0 Å². The van der Waals surface area contributed by atoms with Gasteiger partial charge in [-0.1, -0.05) is 6.07 Å². The molecular formula is C12H12N4O2. The minimum Gasteiger partial charge on any atom is -0.374 e. The molecule has 0 spiro atoms. The molecular weight excluding hydrogens is 232 g/mol. The van der Waals surface area contributed by atoms with Gasteiger partial charge >= 0.3 is 5.69 Å². The van der Waals surface area contributed by atoms with Crippen LogP contribution in [0.15, 0.2) is 36.8 Å². The van der Waals surface area contributed by atoms with Gasteiger partial charge in [0.05, 0.1) is 17.2 Å². The molecule has 6 nitrogen and oxygen atoms in total. The fourth-order valence-corrected chi connectivity index (χ4v) is 1.56. The third kappa shape index (κ3) is 2.60. The normalized spacial score (nSPS) is 10.1. The average molecular weight is 244 g/mol. The summed E-state index contributed by atoms with van der Waals surface area (Å²) >= 11 is 0. The van der Waals surface area contributed by atoms with E-state index in [0.717, 1.165) is 11.3 Å². The van der Waals surface area contributed by atoms with Crippen LogP contribution in [0.3, 0.4) is 0 Å². The number of aryl methyl sites for hydroxylation is 1. The summed E-state index contributed by atoms with van der Waals surface area (Å²) in [5, 5.41) is 13.8. The SMILES string of the molecule is Cc1cccnc1CNc1ccncc1[N+](=O)[O-]. The summed E-state index contributed by atoms with van der Waals surface area (Å²) in [4.78, 5) is 18.3. The van der Waals surface area contributed by atoms with Gasteiger partial charge in [0.2, 0.25) is 0 Å². The standard InChI is InChI=1S/C12H12N4O2/c1-9-3-2-5-14-11(9)7-15-10-4-6-13-8-12(10)16(17)18/h2-6,8H,7H2,1H3,(H,13,15). The lowest BCUT2D eigenvalue weighted by Crippen LogP contribution is -2.05. The molecule has 0 aliphatic carbocycles. The van der Waals surface area contributed by atoms with Gasteiger partial charge in [-0.05, 0) is 24.6 Å². The van der Waals surface area contributed by atoms with E-state index < -0.39 is 4.92 Å². The highest BCUT2D eigenvalue weighted by Gasteiger charge is 2.12. The topological polar surface area (TPSA) is 81.0 Å². The number of nitrogens with one attached hydrogen (secondary N) is 1. The van der Waals surface area contributed by atoms with Crippen LogP contribution < -0.4 is 5.32 Å². The van der Waals surface area contributed by atoms with Crippen LogP contribution in [0.1, 0.15) is 11.3 Å². The molecule has 0 bridgehead atoms. The quantitative estimate of drug-likeness (QED) is 0.659. The van der Waals surface area contributed by atoms with Crippen LogP contribution in [-0.4, -0.2) is 14.9 Å². The lowest BCUT2D eigenvalue weighted by atomic mass is 10.2. The van der Waals surface area contributed by atoms with Crippen LogP contribution >= 0.6 is 0 Å². The smallest absolute Gasteiger partial charge is 0.310 e. The molecule has 0 fully saturated rings. The summed E-state index contributed by atoms with van der Waals surface area (Å²) in [6.07, 6.45) is 4.44. The molecule has 2 aromatic heterocycles. The molecule has 0 amide bonds. The number of hydrogen-bond acceptors (Lipinski definition) is 5. The highest BCUT2D eigenvalue weighted by Crippen LogP contribution is 2.22. The van der Waals surface area contributed by atoms with Crippen molar-refractivity contribution < 1.29 is 4.92 Å². The van der Waals surface area contributed by atoms with Crippen LogP contribution in [0, 0.1) is 17.0 Å². The van der Waals surface area contributed by atoms with Crippen molar-refractivity contribution in [1.82, 2.24) is 9.97 Å². The Morgan fingerprint density at radius 2 is 2.22 bits per heavy atom. The monoisotopic (exact) mass is 244 g/mol. The predicted octanol–water partition coefficient (Wildman–Crippen LogP) is 2.31. The second-order valence-electron chi connectivity index (χ2n) is 3.77. The van der Waals surface area contributed by atoms with E-state index in [-0.39, 0.29) is 5.69 Å². The van der Waals surface area contributed by atoms with Gasteiger partial charge in [-0.25, -0.2) is 0 Å². The molecule has 0 atom stereocenters. The molecule has 0 unspecified atom stereocenters. The minimum atomic E-state index is -0.458. The highest BCUT2D eigenvalue weighted by molar-refractivity contribution is 5.59. The largest absolute Gasteiger partial charge is 0.374 e. The fourth-order valence-electron chi connectivity index (χ4n) is 1.56. The Bertz CT molecular complexity index is 572. The second kappa shape index (κ2) is 5.22. The van der Waals surface area contributed by atoms with E-state index >= 15 is 0 Å². The molecule has 0 saturated carbocycles. The van der Waals surface area contributed by atoms with Crippen molar-refractivity contribution in [2.75, 3.05) is 5.32 Å². The van der Waals surface area contributed by atoms with Gasteiger partial charge in [0.25, 0.3) is 0 Å². The number of nitrogens with zero attached hydrogens (tertiary/aromatic N) is 3. The Kier molecular flexibility index (Phi) is 3.47. The molecule has 2 rings (SSSR count). The Morgan fingerprint density at radius 3 is 2.94 bits per heavy atom. The first-order valence-corrected chi connectivity index (χ1v) is 5.41. The van der Waals surface area contributed by atoms with Crippen LogP contribution in [0.25, 0.3) is 0 Å². The van der Waals surface area contributed by atoms with Crippen molar-refractivity contribution in [3.63, 3.8) is 0 Å². The maximum Gasteiger partial charge on any atom is 0.310 e. The fraction of sp³-hybridized carbons (Fsp3) is 0.167. The van der Waals surface area contributed by atoms with Crippen molar-refractivity contribution in [2.45, 2.75) is 13.5 Å². The zero-order valence-electron chi connectivity index (χ0n) is 9.83. The second-order valence-corrected chi connectivity index (χ2v) is 3.77. The molecule has 0 aliphatic rings. The van der Waals surface area contributed by atoms with Crippen LogP contribution in [0.4, 0.5) is 11.4 Å². The van der Waals surface area contributed by atoms with Crippen molar-refractivity contribution in [2.24, 2.45) is 0 Å². The lowest BCUT2D eigenvalue weighted by Gasteiger charge is -2.07. The lowest BCUT2D eigenvalue weighted by molar-refractivity contribution is -0.384. The van der Waals surface area contributed by atoms with Crippen molar-refractivity contribution in [3.8, 4) is 0 Å². The number of pyridine rings is 2. The first-order valence-electron chi connectivity index (χ1n) is 5.41. The Morgan fingerprint density at radius 1 is 1.39 bits per heavy atom. The zero-order chi connectivity index (χ0) is 13.0. The number of nitro groups is 1. The summed E-state index contributed by atoms with van der Waals surface area (Å²) < 4.78 is 0. The Balaban J connectivity index is 2.16. The van der Waals surface area contributed by atoms with Crippen LogP contribution in [0.2, 0.25) is 0 Å². The minimum absolute atomic E-state index is 0.0360. The predicted molar refractivity (Wildman–Crippen MR) is 67.2 cm³/mol. The molecule has 0 aliphatic heterocycles. The van der Waals surface area contributed by atoms with Crippen molar-refractivity contribution >= 4 is 11.4 Å². The van der Waals surface area contributed by atoms with Gasteiger partial charge in [0.1, 0.15) is 11.9 Å². The van der Waals surface area contributed by atoms with E-state index in [9.17, 15) is 10.1 Å². The third-order valence-corrected chi connectivity index (χ3v) is 2.56. The number of aromatic nitrogens is 2. The molecule has 1 N–H and O–H groups in total. The number of anilines is 1. The first-order chi connectivity index (χ1) is 8.68. The summed E-state index contributed by atoms with van der Waals surface area (Å²) in [7, 11) is 0. The number of rotatable bonds is 4. The Labute approximate surface area is 104 Å². The van der Waals surface area contributed by atoms with E-state index in [1.54, 1.807) is 12.3 Å². The van der Waals surface area contributed by atoms with E-state index in [4.69, 9.17) is 0 Å². The molecule has 2 aromatic rings. The van der Waals surface area contributed by atoms with Gasteiger partial charge in [0, 0.05) is 12.4 Å². The average Bonchev–Trinajstić information content (AvgIpc) is 2.38. The molecule has 0 saturated heterocycles. The maximum absolute atomic E-state index is 10.8. The third-order valence-electron chi connectivity index (χ3n) is 2.56. The first kappa shape index (κ1) is 12.0. The van der Waals surface area contributed by atoms with Gasteiger partial charge in [-0.15, -0.1) is 0 Å². The number of hydrogen-bond donors (Lipinski definition) is 1. The summed E-state index contributed by atoms with van der Waals surface area (Å²) in [6, 6.07) is 5.38.